The van der Waals surface area contributed by atoms with Crippen LogP contribution in [0.5, 0.6) is 17.2 Å². The number of alkyl halides is 3. The molecule has 3 rings (SSSR count). The van der Waals surface area contributed by atoms with Crippen molar-refractivity contribution in [3.8, 4) is 39.5 Å². The summed E-state index contributed by atoms with van der Waals surface area (Å²) in [6.07, 6.45) is 3.57. The van der Waals surface area contributed by atoms with Crippen LogP contribution in [0.15, 0.2) is 66.7 Å². The molecule has 0 aliphatic rings. The van der Waals surface area contributed by atoms with E-state index in [1.54, 1.807) is 54.6 Å². The van der Waals surface area contributed by atoms with E-state index in [1.165, 1.54) is 12.1 Å². The van der Waals surface area contributed by atoms with Crippen molar-refractivity contribution in [3.63, 3.8) is 0 Å². The number of halogens is 3. The zero-order valence-corrected chi connectivity index (χ0v) is 21.0. The molecule has 0 aliphatic heterocycles. The lowest BCUT2D eigenvalue weighted by atomic mass is 9.97. The van der Waals surface area contributed by atoms with Crippen LogP contribution < -0.4 is 13.7 Å². The van der Waals surface area contributed by atoms with E-state index in [4.69, 9.17) is 13.7 Å². The van der Waals surface area contributed by atoms with Crippen LogP contribution in [0.3, 0.4) is 0 Å². The molecule has 0 saturated heterocycles. The number of unbranched alkanes of at least 4 members (excludes halogenated alkanes) is 2. The fraction of sp³-hybridized carbons (Fsp3) is 0.333. The molecular weight excluding hydrogens is 493 g/mol. The average molecular weight is 523 g/mol. The molecule has 0 radical (unpaired) electrons. The SMILES string of the molecule is CCCCOc1cccc(-c2cccc(-c3cccc(OCCCC)c3)c2OS(=O)(=O)C(F)(F)F)c1. The van der Waals surface area contributed by atoms with E-state index >= 15 is 0 Å². The molecule has 0 heterocycles. The molecule has 0 bridgehead atoms. The maximum absolute atomic E-state index is 13.3. The molecule has 36 heavy (non-hydrogen) atoms. The fourth-order valence-corrected chi connectivity index (χ4v) is 3.91. The first-order chi connectivity index (χ1) is 17.2. The van der Waals surface area contributed by atoms with Crippen molar-refractivity contribution in [2.45, 2.75) is 45.0 Å². The first kappa shape index (κ1) is 27.4. The van der Waals surface area contributed by atoms with Gasteiger partial charge in [-0.3, -0.25) is 0 Å². The summed E-state index contributed by atoms with van der Waals surface area (Å²) in [6.45, 7) is 5.02. The zero-order chi connectivity index (χ0) is 26.2. The smallest absolute Gasteiger partial charge is 0.494 e. The van der Waals surface area contributed by atoms with Gasteiger partial charge in [0.1, 0.15) is 11.5 Å². The molecule has 0 atom stereocenters. The lowest BCUT2D eigenvalue weighted by molar-refractivity contribution is -0.0499. The second-order valence-corrected chi connectivity index (χ2v) is 9.66. The van der Waals surface area contributed by atoms with E-state index in [0.717, 1.165) is 25.7 Å². The molecule has 9 heteroatoms. The van der Waals surface area contributed by atoms with Crippen molar-refractivity contribution in [1.82, 2.24) is 0 Å². The molecular formula is C27H29F3O5S. The number of para-hydroxylation sites is 1. The highest BCUT2D eigenvalue weighted by Crippen LogP contribution is 2.43. The Hall–Kier alpha value is -3.20. The third kappa shape index (κ3) is 6.94. The quantitative estimate of drug-likeness (QED) is 0.139. The van der Waals surface area contributed by atoms with Crippen molar-refractivity contribution in [2.24, 2.45) is 0 Å². The van der Waals surface area contributed by atoms with Gasteiger partial charge < -0.3 is 13.7 Å². The van der Waals surface area contributed by atoms with Crippen molar-refractivity contribution < 1.29 is 35.2 Å². The van der Waals surface area contributed by atoms with Gasteiger partial charge in [0, 0.05) is 11.1 Å². The average Bonchev–Trinajstić information content (AvgIpc) is 2.84. The first-order valence-electron chi connectivity index (χ1n) is 11.8. The standard InChI is InChI=1S/C27H29F3O5S/c1-3-5-16-33-22-12-7-10-20(18-22)24-14-9-15-25(26(24)35-36(31,32)27(28,29)30)21-11-8-13-23(19-21)34-17-6-4-2/h7-15,18-19H,3-6,16-17H2,1-2H3. The predicted octanol–water partition coefficient (Wildman–Crippen LogP) is 7.61. The summed E-state index contributed by atoms with van der Waals surface area (Å²) >= 11 is 0. The number of rotatable bonds is 12. The van der Waals surface area contributed by atoms with E-state index in [2.05, 4.69) is 0 Å². The van der Waals surface area contributed by atoms with E-state index in [-0.39, 0.29) is 11.1 Å². The maximum Gasteiger partial charge on any atom is 0.534 e. The summed E-state index contributed by atoms with van der Waals surface area (Å²) in [7, 11) is -5.93. The van der Waals surface area contributed by atoms with Crippen molar-refractivity contribution in [1.29, 1.82) is 0 Å². The zero-order valence-electron chi connectivity index (χ0n) is 20.2. The molecule has 0 fully saturated rings. The van der Waals surface area contributed by atoms with E-state index in [1.807, 2.05) is 13.8 Å². The van der Waals surface area contributed by atoms with Crippen LogP contribution in [0.2, 0.25) is 0 Å². The van der Waals surface area contributed by atoms with Gasteiger partial charge >= 0.3 is 15.6 Å². The van der Waals surface area contributed by atoms with Crippen LogP contribution in [-0.4, -0.2) is 27.1 Å². The Kier molecular flexibility index (Phi) is 9.25. The van der Waals surface area contributed by atoms with Crippen LogP contribution in [0.4, 0.5) is 13.2 Å². The van der Waals surface area contributed by atoms with Crippen LogP contribution in [-0.2, 0) is 10.1 Å². The van der Waals surface area contributed by atoms with E-state index in [9.17, 15) is 21.6 Å². The minimum Gasteiger partial charge on any atom is -0.494 e. The Morgan fingerprint density at radius 2 is 1.17 bits per heavy atom. The summed E-state index contributed by atoms with van der Waals surface area (Å²) in [4.78, 5) is 0. The molecule has 0 unspecified atom stereocenters. The minimum absolute atomic E-state index is 0.179. The second kappa shape index (κ2) is 12.2. The van der Waals surface area contributed by atoms with Gasteiger partial charge in [0.15, 0.2) is 5.75 Å². The molecule has 5 nitrogen and oxygen atoms in total. The number of hydrogen-bond donors (Lipinski definition) is 0. The number of benzene rings is 3. The minimum atomic E-state index is -5.93. The van der Waals surface area contributed by atoms with E-state index < -0.39 is 21.4 Å². The third-order valence-corrected chi connectivity index (χ3v) is 6.27. The molecule has 0 aromatic heterocycles. The lowest BCUT2D eigenvalue weighted by Crippen LogP contribution is -2.28. The van der Waals surface area contributed by atoms with Gasteiger partial charge in [-0.05, 0) is 48.2 Å². The number of ether oxygens (including phenoxy) is 2. The highest BCUT2D eigenvalue weighted by Gasteiger charge is 2.49. The summed E-state index contributed by atoms with van der Waals surface area (Å²) in [5.41, 5.74) is -4.33. The highest BCUT2D eigenvalue weighted by atomic mass is 32.2. The second-order valence-electron chi connectivity index (χ2n) is 8.13. The maximum atomic E-state index is 13.3. The molecule has 0 saturated carbocycles. The van der Waals surface area contributed by atoms with Crippen LogP contribution in [0, 0.1) is 0 Å². The monoisotopic (exact) mass is 522 g/mol. The Balaban J connectivity index is 2.12. The Labute approximate surface area is 210 Å². The largest absolute Gasteiger partial charge is 0.534 e. The van der Waals surface area contributed by atoms with Gasteiger partial charge in [0.25, 0.3) is 0 Å². The van der Waals surface area contributed by atoms with Gasteiger partial charge in [0.2, 0.25) is 0 Å². The topological polar surface area (TPSA) is 61.8 Å². The van der Waals surface area contributed by atoms with Gasteiger partial charge in [-0.15, -0.1) is 0 Å². The lowest BCUT2D eigenvalue weighted by Gasteiger charge is -2.18. The summed E-state index contributed by atoms with van der Waals surface area (Å²) in [5, 5.41) is 0. The van der Waals surface area contributed by atoms with Gasteiger partial charge in [-0.2, -0.15) is 21.6 Å². The predicted molar refractivity (Wildman–Crippen MR) is 134 cm³/mol. The summed E-state index contributed by atoms with van der Waals surface area (Å²) < 4.78 is 80.3. The highest BCUT2D eigenvalue weighted by molar-refractivity contribution is 7.88. The Morgan fingerprint density at radius 3 is 1.58 bits per heavy atom. The molecule has 194 valence electrons. The summed E-state index contributed by atoms with van der Waals surface area (Å²) in [5.74, 6) is 0.607. The van der Waals surface area contributed by atoms with Crippen molar-refractivity contribution >= 4 is 10.1 Å². The number of hydrogen-bond acceptors (Lipinski definition) is 5. The fourth-order valence-electron chi connectivity index (χ4n) is 3.41. The van der Waals surface area contributed by atoms with Crippen molar-refractivity contribution in [3.05, 3.63) is 66.7 Å². The Morgan fingerprint density at radius 1 is 0.722 bits per heavy atom. The molecule has 0 amide bonds. The van der Waals surface area contributed by atoms with Crippen LogP contribution in [0.1, 0.15) is 39.5 Å². The van der Waals surface area contributed by atoms with Gasteiger partial charge in [-0.1, -0.05) is 69.2 Å². The molecule has 0 aliphatic carbocycles. The summed E-state index contributed by atoms with van der Waals surface area (Å²) in [6, 6.07) is 18.1. The van der Waals surface area contributed by atoms with Gasteiger partial charge in [0.05, 0.1) is 13.2 Å². The first-order valence-corrected chi connectivity index (χ1v) is 13.2. The van der Waals surface area contributed by atoms with E-state index in [0.29, 0.717) is 35.8 Å². The molecule has 3 aromatic rings. The van der Waals surface area contributed by atoms with Crippen LogP contribution in [0.25, 0.3) is 22.3 Å². The van der Waals surface area contributed by atoms with Gasteiger partial charge in [-0.25, -0.2) is 0 Å². The molecule has 3 aromatic carbocycles. The third-order valence-electron chi connectivity index (χ3n) is 5.31. The van der Waals surface area contributed by atoms with Crippen molar-refractivity contribution in [2.75, 3.05) is 13.2 Å². The Bertz CT molecular complexity index is 1180. The molecule has 0 spiro atoms. The normalized spacial score (nSPS) is 11.8. The molecule has 0 N–H and O–H groups in total. The van der Waals surface area contributed by atoms with Crippen LogP contribution >= 0.6 is 0 Å².